The van der Waals surface area contributed by atoms with Crippen molar-refractivity contribution in [3.63, 3.8) is 0 Å². The largest absolute Gasteiger partial charge is 0.328 e. The van der Waals surface area contributed by atoms with Crippen LogP contribution in [-0.2, 0) is 10.0 Å². The molecule has 1 unspecified atom stereocenters. The molecule has 0 aromatic heterocycles. The number of nitrogens with two attached hydrogens (primary N) is 1. The van der Waals surface area contributed by atoms with Crippen LogP contribution in [-0.4, -0.2) is 44.3 Å². The minimum Gasteiger partial charge on any atom is -0.328 e. The van der Waals surface area contributed by atoms with Crippen molar-refractivity contribution >= 4 is 22.4 Å². The van der Waals surface area contributed by atoms with Gasteiger partial charge in [-0.2, -0.15) is 0 Å². The van der Waals surface area contributed by atoms with Gasteiger partial charge in [-0.15, -0.1) is 12.4 Å². The van der Waals surface area contributed by atoms with Crippen LogP contribution in [0.2, 0.25) is 0 Å². The molecule has 1 aliphatic heterocycles. The van der Waals surface area contributed by atoms with Gasteiger partial charge in [0.05, 0.1) is 12.4 Å². The zero-order valence-corrected chi connectivity index (χ0v) is 11.8. The van der Waals surface area contributed by atoms with Gasteiger partial charge in [0.2, 0.25) is 10.0 Å². The molecule has 7 heteroatoms. The molecule has 0 spiro atoms. The van der Waals surface area contributed by atoms with Gasteiger partial charge in [0, 0.05) is 19.1 Å². The predicted octanol–water partition coefficient (Wildman–Crippen LogP) is 1.16. The van der Waals surface area contributed by atoms with Crippen LogP contribution in [0.1, 0.15) is 26.2 Å². The van der Waals surface area contributed by atoms with E-state index in [4.69, 9.17) is 5.73 Å². The molecule has 1 atom stereocenters. The molecule has 1 saturated heterocycles. The van der Waals surface area contributed by atoms with Crippen LogP contribution in [0.4, 0.5) is 4.39 Å². The highest BCUT2D eigenvalue weighted by Crippen LogP contribution is 2.21. The molecule has 0 bridgehead atoms. The molecule has 0 saturated carbocycles. The maximum Gasteiger partial charge on any atom is 0.214 e. The Morgan fingerprint density at radius 2 is 1.94 bits per heavy atom. The van der Waals surface area contributed by atoms with E-state index in [9.17, 15) is 12.8 Å². The first-order chi connectivity index (χ1) is 7.47. The van der Waals surface area contributed by atoms with Gasteiger partial charge in [0.15, 0.2) is 0 Å². The van der Waals surface area contributed by atoms with E-state index in [1.807, 2.05) is 6.92 Å². The van der Waals surface area contributed by atoms with E-state index in [1.165, 1.54) is 4.31 Å². The molecule has 2 N–H and O–H groups in total. The number of halogens is 2. The molecular weight excluding hydrogens is 267 g/mol. The van der Waals surface area contributed by atoms with E-state index in [-0.39, 0.29) is 30.6 Å². The summed E-state index contributed by atoms with van der Waals surface area (Å²) in [4.78, 5) is 0. The molecule has 0 aliphatic carbocycles. The number of rotatable bonds is 5. The summed E-state index contributed by atoms with van der Waals surface area (Å²) in [6, 6.07) is 0.121. The Bertz CT molecular complexity index is 303. The smallest absolute Gasteiger partial charge is 0.214 e. The lowest BCUT2D eigenvalue weighted by molar-refractivity contribution is 0.250. The molecule has 1 rings (SSSR count). The van der Waals surface area contributed by atoms with Crippen molar-refractivity contribution in [2.45, 2.75) is 32.2 Å². The van der Waals surface area contributed by atoms with Crippen LogP contribution in [0.15, 0.2) is 0 Å². The Morgan fingerprint density at radius 1 is 1.41 bits per heavy atom. The minimum atomic E-state index is -3.24. The van der Waals surface area contributed by atoms with Crippen LogP contribution in [0.5, 0.6) is 0 Å². The lowest BCUT2D eigenvalue weighted by atomic mass is 9.92. The summed E-state index contributed by atoms with van der Waals surface area (Å²) in [5.74, 6) is 0.333. The maximum absolute atomic E-state index is 12.0. The molecule has 1 fully saturated rings. The number of sulfonamides is 1. The van der Waals surface area contributed by atoms with Crippen LogP contribution < -0.4 is 5.73 Å². The Morgan fingerprint density at radius 3 is 2.35 bits per heavy atom. The average molecular weight is 289 g/mol. The summed E-state index contributed by atoms with van der Waals surface area (Å²) in [5, 5.41) is 0. The van der Waals surface area contributed by atoms with Crippen molar-refractivity contribution in [3.8, 4) is 0 Å². The van der Waals surface area contributed by atoms with Crippen LogP contribution >= 0.6 is 12.4 Å². The second-order valence-corrected chi connectivity index (χ2v) is 6.54. The first-order valence-electron chi connectivity index (χ1n) is 5.76. The van der Waals surface area contributed by atoms with Crippen molar-refractivity contribution in [1.82, 2.24) is 4.31 Å². The van der Waals surface area contributed by atoms with E-state index in [0.29, 0.717) is 19.0 Å². The van der Waals surface area contributed by atoms with Crippen LogP contribution in [0, 0.1) is 5.92 Å². The van der Waals surface area contributed by atoms with Gasteiger partial charge < -0.3 is 5.73 Å². The maximum atomic E-state index is 12.0. The lowest BCUT2D eigenvalue weighted by Gasteiger charge is -2.32. The summed E-state index contributed by atoms with van der Waals surface area (Å²) in [5.41, 5.74) is 5.78. The molecule has 4 nitrogen and oxygen atoms in total. The molecular formula is C10H22ClFN2O2S. The first kappa shape index (κ1) is 17.1. The minimum absolute atomic E-state index is 0. The molecule has 0 amide bonds. The Hall–Kier alpha value is 0.0900. The first-order valence-corrected chi connectivity index (χ1v) is 7.37. The topological polar surface area (TPSA) is 63.4 Å². The summed E-state index contributed by atoms with van der Waals surface area (Å²) >= 11 is 0. The molecule has 1 aliphatic rings. The van der Waals surface area contributed by atoms with E-state index in [1.54, 1.807) is 0 Å². The Kier molecular flexibility index (Phi) is 7.55. The number of nitrogens with zero attached hydrogens (tertiary/aromatic N) is 1. The van der Waals surface area contributed by atoms with E-state index < -0.39 is 16.7 Å². The molecule has 17 heavy (non-hydrogen) atoms. The third-order valence-electron chi connectivity index (χ3n) is 3.17. The number of alkyl halides is 1. The molecule has 104 valence electrons. The lowest BCUT2D eigenvalue weighted by Crippen LogP contribution is -2.43. The van der Waals surface area contributed by atoms with E-state index >= 15 is 0 Å². The summed E-state index contributed by atoms with van der Waals surface area (Å²) in [6.45, 7) is 2.44. The molecule has 1 heterocycles. The van der Waals surface area contributed by atoms with Crippen molar-refractivity contribution in [2.75, 3.05) is 25.5 Å². The Balaban J connectivity index is 0.00000256. The fourth-order valence-corrected chi connectivity index (χ4v) is 3.55. The summed E-state index contributed by atoms with van der Waals surface area (Å²) in [7, 11) is -3.24. The third-order valence-corrected chi connectivity index (χ3v) is 5.13. The highest BCUT2D eigenvalue weighted by Gasteiger charge is 2.28. The zero-order valence-electron chi connectivity index (χ0n) is 10.1. The van der Waals surface area contributed by atoms with Gasteiger partial charge in [0.1, 0.15) is 0 Å². The zero-order chi connectivity index (χ0) is 12.2. The number of hydrogen-bond donors (Lipinski definition) is 1. The van der Waals surface area contributed by atoms with Crippen molar-refractivity contribution in [3.05, 3.63) is 0 Å². The van der Waals surface area contributed by atoms with Gasteiger partial charge in [-0.1, -0.05) is 0 Å². The van der Waals surface area contributed by atoms with Gasteiger partial charge in [-0.3, -0.25) is 4.39 Å². The monoisotopic (exact) mass is 288 g/mol. The van der Waals surface area contributed by atoms with Crippen molar-refractivity contribution in [1.29, 1.82) is 0 Å². The summed E-state index contributed by atoms with van der Waals surface area (Å²) in [6.07, 6.45) is 1.72. The second kappa shape index (κ2) is 7.51. The predicted molar refractivity (Wildman–Crippen MR) is 69.6 cm³/mol. The highest BCUT2D eigenvalue weighted by molar-refractivity contribution is 7.89. The summed E-state index contributed by atoms with van der Waals surface area (Å²) < 4.78 is 36.9. The fraction of sp³-hybridized carbons (Fsp3) is 1.00. The number of piperidine rings is 1. The van der Waals surface area contributed by atoms with Crippen molar-refractivity contribution < 1.29 is 12.8 Å². The van der Waals surface area contributed by atoms with Gasteiger partial charge in [-0.05, 0) is 32.1 Å². The third kappa shape index (κ3) is 5.07. The molecule has 0 aromatic carbocycles. The van der Waals surface area contributed by atoms with Gasteiger partial charge in [-0.25, -0.2) is 12.7 Å². The fourth-order valence-electron chi connectivity index (χ4n) is 2.05. The van der Waals surface area contributed by atoms with E-state index in [2.05, 4.69) is 0 Å². The Labute approximate surface area is 109 Å². The molecule has 0 radical (unpaired) electrons. The normalized spacial score (nSPS) is 20.9. The van der Waals surface area contributed by atoms with E-state index in [0.717, 1.165) is 12.8 Å². The average Bonchev–Trinajstić information content (AvgIpc) is 2.26. The van der Waals surface area contributed by atoms with Crippen molar-refractivity contribution in [2.24, 2.45) is 11.7 Å². The van der Waals surface area contributed by atoms with Gasteiger partial charge in [0.25, 0.3) is 0 Å². The quantitative estimate of drug-likeness (QED) is 0.826. The van der Waals surface area contributed by atoms with Crippen LogP contribution in [0.3, 0.4) is 0 Å². The highest BCUT2D eigenvalue weighted by atomic mass is 35.5. The SMILES string of the molecule is CC(N)C1CCN(S(=O)(=O)CCCF)CC1.Cl. The van der Waals surface area contributed by atoms with Gasteiger partial charge >= 0.3 is 0 Å². The number of hydrogen-bond acceptors (Lipinski definition) is 3. The molecule has 0 aromatic rings. The second-order valence-electron chi connectivity index (χ2n) is 4.45. The standard InChI is InChI=1S/C10H21FN2O2S.ClH/c1-9(12)10-3-6-13(7-4-10)16(14,15)8-2-5-11;/h9-10H,2-8,12H2,1H3;1H. The van der Waals surface area contributed by atoms with Crippen LogP contribution in [0.25, 0.3) is 0 Å².